The fourth-order valence-electron chi connectivity index (χ4n) is 10.3. The van der Waals surface area contributed by atoms with Gasteiger partial charge in [0.25, 0.3) is 0 Å². The molecule has 0 saturated heterocycles. The van der Waals surface area contributed by atoms with Gasteiger partial charge in [0.05, 0.1) is 17.6 Å². The lowest BCUT2D eigenvalue weighted by atomic mass is 9.42. The molecule has 4 saturated carbocycles. The van der Waals surface area contributed by atoms with Crippen LogP contribution in [-0.2, 0) is 6.42 Å². The largest absolute Gasteiger partial charge is 0.388 e. The molecule has 37 heavy (non-hydrogen) atoms. The van der Waals surface area contributed by atoms with Gasteiger partial charge >= 0.3 is 0 Å². The smallest absolute Gasteiger partial charge is 0.103 e. The molecule has 1 unspecified atom stereocenters. The summed E-state index contributed by atoms with van der Waals surface area (Å²) in [6.07, 6.45) is 15.6. The van der Waals surface area contributed by atoms with Gasteiger partial charge in [-0.1, -0.05) is 53.9 Å². The number of halogens is 1. The first-order chi connectivity index (χ1) is 17.6. The SMILES string of the molecule is CC(C)CCCC(C)[C@H]1CC[C@H]2[C@@H]3C[C@@H](NCCc4c[nH]cn4)[C@@]4(O)C[C@@H](F)CC[C@]4(C)[C@H]3CC[C@]12C. The van der Waals surface area contributed by atoms with E-state index in [4.69, 9.17) is 0 Å². The maximum atomic E-state index is 14.9. The van der Waals surface area contributed by atoms with E-state index >= 15 is 0 Å². The number of hydrogen-bond donors (Lipinski definition) is 3. The number of H-pyrrole nitrogens is 1. The average Bonchev–Trinajstić information content (AvgIpc) is 3.48. The standard InChI is InChI=1S/C32H54FN3O/c1-21(2)7-6-8-22(3)26-9-10-27-25-17-29(35-16-13-24-19-34-20-36-24)32(37)18-23(33)11-15-31(32,5)28(25)12-14-30(26,27)4/h19-23,25-29,35,37H,6-18H2,1-5H3,(H,34,36)/t22?,23-,25-,26+,27-,28-,29+,30+,31+,32-/m0/s1. The summed E-state index contributed by atoms with van der Waals surface area (Å²) in [4.78, 5) is 7.42. The van der Waals surface area contributed by atoms with Crippen LogP contribution in [0.15, 0.2) is 12.5 Å². The van der Waals surface area contributed by atoms with Crippen LogP contribution in [-0.4, -0.2) is 39.4 Å². The van der Waals surface area contributed by atoms with E-state index in [0.29, 0.717) is 30.1 Å². The molecule has 5 heteroatoms. The number of fused-ring (bicyclic) bond motifs is 5. The molecule has 1 aromatic heterocycles. The topological polar surface area (TPSA) is 60.9 Å². The normalized spacial score (nSPS) is 44.3. The molecule has 4 nitrogen and oxygen atoms in total. The van der Waals surface area contributed by atoms with Crippen LogP contribution < -0.4 is 5.32 Å². The van der Waals surface area contributed by atoms with E-state index in [1.54, 1.807) is 6.33 Å². The number of nitrogens with zero attached hydrogens (tertiary/aromatic N) is 1. The maximum absolute atomic E-state index is 14.9. The van der Waals surface area contributed by atoms with Crippen molar-refractivity contribution >= 4 is 0 Å². The highest BCUT2D eigenvalue weighted by Gasteiger charge is 2.67. The van der Waals surface area contributed by atoms with Crippen LogP contribution in [0, 0.1) is 46.3 Å². The van der Waals surface area contributed by atoms with Gasteiger partial charge in [-0.3, -0.25) is 0 Å². The molecule has 4 aliphatic carbocycles. The van der Waals surface area contributed by atoms with Gasteiger partial charge in [-0.2, -0.15) is 0 Å². The van der Waals surface area contributed by atoms with Crippen molar-refractivity contribution in [3.8, 4) is 0 Å². The second-order valence-electron chi connectivity index (χ2n) is 14.6. The first-order valence-electron chi connectivity index (χ1n) is 15.7. The third-order valence-electron chi connectivity index (χ3n) is 12.4. The second kappa shape index (κ2) is 10.6. The third-order valence-corrected chi connectivity index (χ3v) is 12.4. The Morgan fingerprint density at radius 3 is 2.65 bits per heavy atom. The monoisotopic (exact) mass is 515 g/mol. The minimum Gasteiger partial charge on any atom is -0.388 e. The lowest BCUT2D eigenvalue weighted by Gasteiger charge is -2.66. The zero-order chi connectivity index (χ0) is 26.4. The predicted octanol–water partition coefficient (Wildman–Crippen LogP) is 7.09. The molecule has 10 atom stereocenters. The van der Waals surface area contributed by atoms with Gasteiger partial charge in [-0.25, -0.2) is 9.37 Å². The zero-order valence-corrected chi connectivity index (χ0v) is 24.2. The number of imidazole rings is 1. The average molecular weight is 516 g/mol. The van der Waals surface area contributed by atoms with Crippen LogP contribution >= 0.6 is 0 Å². The van der Waals surface area contributed by atoms with Crippen molar-refractivity contribution in [2.45, 2.75) is 129 Å². The molecule has 4 aliphatic rings. The molecule has 0 spiro atoms. The van der Waals surface area contributed by atoms with E-state index in [-0.39, 0.29) is 11.5 Å². The van der Waals surface area contributed by atoms with Crippen molar-refractivity contribution < 1.29 is 9.50 Å². The summed E-state index contributed by atoms with van der Waals surface area (Å²) in [6.45, 7) is 13.0. The van der Waals surface area contributed by atoms with Crippen molar-refractivity contribution in [2.24, 2.45) is 46.3 Å². The number of hydrogen-bond acceptors (Lipinski definition) is 3. The summed E-state index contributed by atoms with van der Waals surface area (Å²) in [5.74, 6) is 4.31. The van der Waals surface area contributed by atoms with Crippen LogP contribution in [0.4, 0.5) is 4.39 Å². The maximum Gasteiger partial charge on any atom is 0.103 e. The Bertz CT molecular complexity index is 891. The molecular formula is C32H54FN3O. The number of rotatable bonds is 9. The van der Waals surface area contributed by atoms with Crippen LogP contribution in [0.5, 0.6) is 0 Å². The van der Waals surface area contributed by atoms with Crippen molar-refractivity contribution in [1.82, 2.24) is 15.3 Å². The highest BCUT2D eigenvalue weighted by Crippen LogP contribution is 2.69. The summed E-state index contributed by atoms with van der Waals surface area (Å²) in [5, 5.41) is 16.1. The van der Waals surface area contributed by atoms with Crippen molar-refractivity contribution in [3.63, 3.8) is 0 Å². The molecular weight excluding hydrogens is 461 g/mol. The number of aliphatic hydroxyl groups is 1. The summed E-state index contributed by atoms with van der Waals surface area (Å²) in [7, 11) is 0. The fraction of sp³-hybridized carbons (Fsp3) is 0.906. The van der Waals surface area contributed by atoms with Gasteiger partial charge in [0, 0.05) is 37.0 Å². The van der Waals surface area contributed by atoms with E-state index in [1.807, 2.05) is 6.20 Å². The van der Waals surface area contributed by atoms with E-state index in [9.17, 15) is 9.50 Å². The van der Waals surface area contributed by atoms with Gasteiger partial charge in [0.2, 0.25) is 0 Å². The summed E-state index contributed by atoms with van der Waals surface area (Å²) < 4.78 is 14.9. The minimum absolute atomic E-state index is 0.0406. The molecule has 5 rings (SSSR count). The Hall–Kier alpha value is -0.940. The van der Waals surface area contributed by atoms with Gasteiger partial charge in [-0.05, 0) is 85.9 Å². The van der Waals surface area contributed by atoms with Crippen molar-refractivity contribution in [2.75, 3.05) is 6.54 Å². The highest BCUT2D eigenvalue weighted by atomic mass is 19.1. The molecule has 0 radical (unpaired) electrons. The highest BCUT2D eigenvalue weighted by molar-refractivity contribution is 5.19. The summed E-state index contributed by atoms with van der Waals surface area (Å²) >= 11 is 0. The van der Waals surface area contributed by atoms with Crippen molar-refractivity contribution in [1.29, 1.82) is 0 Å². The first-order valence-corrected chi connectivity index (χ1v) is 15.7. The Morgan fingerprint density at radius 1 is 1.11 bits per heavy atom. The lowest BCUT2D eigenvalue weighted by molar-refractivity contribution is -0.228. The molecule has 210 valence electrons. The molecule has 0 bridgehead atoms. The Kier molecular flexibility index (Phi) is 7.88. The minimum atomic E-state index is -0.965. The van der Waals surface area contributed by atoms with Gasteiger partial charge in [-0.15, -0.1) is 0 Å². The fourth-order valence-corrected chi connectivity index (χ4v) is 10.3. The predicted molar refractivity (Wildman–Crippen MR) is 149 cm³/mol. The van der Waals surface area contributed by atoms with Gasteiger partial charge in [0.15, 0.2) is 0 Å². The Morgan fingerprint density at radius 2 is 1.92 bits per heavy atom. The van der Waals surface area contributed by atoms with E-state index in [1.165, 1.54) is 44.9 Å². The van der Waals surface area contributed by atoms with Crippen LogP contribution in [0.3, 0.4) is 0 Å². The number of aromatic nitrogens is 2. The van der Waals surface area contributed by atoms with Crippen LogP contribution in [0.25, 0.3) is 0 Å². The molecule has 1 heterocycles. The lowest BCUT2D eigenvalue weighted by Crippen LogP contribution is -2.71. The number of aromatic amines is 1. The van der Waals surface area contributed by atoms with Gasteiger partial charge < -0.3 is 15.4 Å². The Balaban J connectivity index is 1.36. The molecule has 0 amide bonds. The first kappa shape index (κ1) is 27.6. The number of nitrogens with one attached hydrogen (secondary N) is 2. The molecule has 3 N–H and O–H groups in total. The van der Waals surface area contributed by atoms with Crippen LogP contribution in [0.2, 0.25) is 0 Å². The van der Waals surface area contributed by atoms with E-state index < -0.39 is 11.8 Å². The quantitative estimate of drug-likeness (QED) is 0.329. The summed E-state index contributed by atoms with van der Waals surface area (Å²) in [6, 6.07) is -0.0406. The second-order valence-corrected chi connectivity index (χ2v) is 14.6. The van der Waals surface area contributed by atoms with Crippen LogP contribution in [0.1, 0.15) is 111 Å². The molecule has 0 aliphatic heterocycles. The van der Waals surface area contributed by atoms with E-state index in [0.717, 1.165) is 55.2 Å². The summed E-state index contributed by atoms with van der Waals surface area (Å²) in [5.41, 5.74) is 0.289. The Labute approximate surface area is 225 Å². The third kappa shape index (κ3) is 4.83. The van der Waals surface area contributed by atoms with Gasteiger partial charge in [0.1, 0.15) is 6.17 Å². The molecule has 0 aromatic carbocycles. The zero-order valence-electron chi connectivity index (χ0n) is 24.2. The number of alkyl halides is 1. The van der Waals surface area contributed by atoms with Crippen molar-refractivity contribution in [3.05, 3.63) is 18.2 Å². The van der Waals surface area contributed by atoms with E-state index in [2.05, 4.69) is 49.9 Å². The molecule has 4 fully saturated rings. The molecule has 1 aromatic rings.